The van der Waals surface area contributed by atoms with Crippen LogP contribution >= 0.6 is 11.3 Å². The molecule has 16 heavy (non-hydrogen) atoms. The Labute approximate surface area is 98.9 Å². The zero-order valence-corrected chi connectivity index (χ0v) is 10.5. The molecule has 0 aliphatic carbocycles. The van der Waals surface area contributed by atoms with E-state index in [1.807, 2.05) is 13.8 Å². The van der Waals surface area contributed by atoms with E-state index in [1.165, 1.54) is 17.5 Å². The zero-order valence-electron chi connectivity index (χ0n) is 9.70. The minimum Gasteiger partial charge on any atom is -0.396 e. The van der Waals surface area contributed by atoms with Crippen LogP contribution in [0.5, 0.6) is 0 Å². The summed E-state index contributed by atoms with van der Waals surface area (Å²) in [6.45, 7) is 4.25. The number of nitrogens with one attached hydrogen (secondary N) is 2. The first kappa shape index (κ1) is 12.9. The predicted octanol–water partition coefficient (Wildman–Crippen LogP) is 0.933. The molecule has 0 aromatic carbocycles. The molecule has 1 amide bonds. The quantitative estimate of drug-likeness (QED) is 0.719. The van der Waals surface area contributed by atoms with Gasteiger partial charge in [-0.05, 0) is 0 Å². The van der Waals surface area contributed by atoms with Crippen LogP contribution < -0.4 is 10.6 Å². The van der Waals surface area contributed by atoms with Crippen LogP contribution in [0.25, 0.3) is 0 Å². The fourth-order valence-electron chi connectivity index (χ4n) is 0.957. The Bertz CT molecular complexity index is 363. The average Bonchev–Trinajstić information content (AvgIpc) is 2.74. The Balaban J connectivity index is 2.53. The van der Waals surface area contributed by atoms with E-state index in [4.69, 9.17) is 5.11 Å². The molecule has 0 radical (unpaired) electrons. The van der Waals surface area contributed by atoms with E-state index in [-0.39, 0.29) is 17.9 Å². The van der Waals surface area contributed by atoms with Crippen LogP contribution in [0.3, 0.4) is 0 Å². The highest BCUT2D eigenvalue weighted by molar-refractivity contribution is 7.17. The number of hydrogen-bond acceptors (Lipinski definition) is 5. The molecule has 3 N–H and O–H groups in total. The number of hydrogen-bond donors (Lipinski definition) is 3. The van der Waals surface area contributed by atoms with Crippen LogP contribution in [0.1, 0.15) is 23.5 Å². The third-order valence-electron chi connectivity index (χ3n) is 2.10. The predicted molar refractivity (Wildman–Crippen MR) is 64.9 cm³/mol. The molecular formula is C10H17N3O2S. The second kappa shape index (κ2) is 5.27. The minimum absolute atomic E-state index is 0.0394. The Hall–Kier alpha value is -1.14. The Kier molecular flexibility index (Phi) is 4.26. The van der Waals surface area contributed by atoms with Crippen molar-refractivity contribution in [3.63, 3.8) is 0 Å². The van der Waals surface area contributed by atoms with Gasteiger partial charge in [0.25, 0.3) is 5.91 Å². The van der Waals surface area contributed by atoms with Crippen molar-refractivity contribution in [1.29, 1.82) is 0 Å². The van der Waals surface area contributed by atoms with Crippen molar-refractivity contribution in [3.8, 4) is 0 Å². The lowest BCUT2D eigenvalue weighted by molar-refractivity contribution is 0.0915. The van der Waals surface area contributed by atoms with E-state index in [1.54, 1.807) is 7.05 Å². The summed E-state index contributed by atoms with van der Waals surface area (Å²) in [5.74, 6) is -0.152. The van der Waals surface area contributed by atoms with E-state index in [9.17, 15) is 4.79 Å². The third kappa shape index (κ3) is 3.46. The molecule has 0 spiro atoms. The fraction of sp³-hybridized carbons (Fsp3) is 0.600. The van der Waals surface area contributed by atoms with Gasteiger partial charge in [0, 0.05) is 25.6 Å². The van der Waals surface area contributed by atoms with Gasteiger partial charge in [-0.2, -0.15) is 0 Å². The van der Waals surface area contributed by atoms with Gasteiger partial charge < -0.3 is 15.7 Å². The summed E-state index contributed by atoms with van der Waals surface area (Å²) in [7, 11) is 1.76. The monoisotopic (exact) mass is 243 g/mol. The Morgan fingerprint density at radius 3 is 2.81 bits per heavy atom. The SMILES string of the molecule is CNc1ncc(C(=O)NCC(C)(C)CO)s1. The molecule has 1 aromatic heterocycles. The highest BCUT2D eigenvalue weighted by Gasteiger charge is 2.18. The number of aliphatic hydroxyl groups excluding tert-OH is 1. The number of aromatic nitrogens is 1. The second-order valence-electron chi connectivity index (χ2n) is 4.28. The van der Waals surface area contributed by atoms with Gasteiger partial charge in [-0.15, -0.1) is 0 Å². The lowest BCUT2D eigenvalue weighted by atomic mass is 9.95. The van der Waals surface area contributed by atoms with Crippen molar-refractivity contribution < 1.29 is 9.90 Å². The first-order chi connectivity index (χ1) is 7.48. The molecule has 1 rings (SSSR count). The van der Waals surface area contributed by atoms with E-state index in [0.29, 0.717) is 16.6 Å². The smallest absolute Gasteiger partial charge is 0.263 e. The highest BCUT2D eigenvalue weighted by atomic mass is 32.1. The largest absolute Gasteiger partial charge is 0.396 e. The molecule has 1 heterocycles. The molecule has 5 nitrogen and oxygen atoms in total. The lowest BCUT2D eigenvalue weighted by Gasteiger charge is -2.21. The summed E-state index contributed by atoms with van der Waals surface area (Å²) in [6, 6.07) is 0. The van der Waals surface area contributed by atoms with Crippen molar-refractivity contribution in [2.24, 2.45) is 5.41 Å². The summed E-state index contributed by atoms with van der Waals surface area (Å²) in [5.41, 5.74) is -0.299. The summed E-state index contributed by atoms with van der Waals surface area (Å²) in [6.07, 6.45) is 1.54. The summed E-state index contributed by atoms with van der Waals surface area (Å²) >= 11 is 1.30. The molecule has 6 heteroatoms. The number of rotatable bonds is 5. The molecule has 0 fully saturated rings. The first-order valence-electron chi connectivity index (χ1n) is 5.01. The number of nitrogens with zero attached hydrogens (tertiary/aromatic N) is 1. The summed E-state index contributed by atoms with van der Waals surface area (Å²) < 4.78 is 0. The highest BCUT2D eigenvalue weighted by Crippen LogP contribution is 2.17. The number of anilines is 1. The van der Waals surface area contributed by atoms with Gasteiger partial charge in [-0.1, -0.05) is 25.2 Å². The molecule has 1 aromatic rings. The van der Waals surface area contributed by atoms with E-state index in [0.717, 1.165) is 0 Å². The normalized spacial score (nSPS) is 11.2. The number of carbonyl (C=O) groups excluding carboxylic acids is 1. The maximum Gasteiger partial charge on any atom is 0.263 e. The van der Waals surface area contributed by atoms with Crippen molar-refractivity contribution in [2.45, 2.75) is 13.8 Å². The number of thiazole rings is 1. The standard InChI is InChI=1S/C10H17N3O2S/c1-10(2,6-14)5-13-8(15)7-4-12-9(11-3)16-7/h4,14H,5-6H2,1-3H3,(H,11,12)(H,13,15). The second-order valence-corrected chi connectivity index (χ2v) is 5.32. The maximum absolute atomic E-state index is 11.7. The van der Waals surface area contributed by atoms with E-state index < -0.39 is 0 Å². The first-order valence-corrected chi connectivity index (χ1v) is 5.83. The van der Waals surface area contributed by atoms with Crippen molar-refractivity contribution in [2.75, 3.05) is 25.5 Å². The molecule has 0 aliphatic rings. The van der Waals surface area contributed by atoms with Gasteiger partial charge >= 0.3 is 0 Å². The third-order valence-corrected chi connectivity index (χ3v) is 3.11. The molecule has 0 atom stereocenters. The van der Waals surface area contributed by atoms with Crippen molar-refractivity contribution in [3.05, 3.63) is 11.1 Å². The van der Waals surface area contributed by atoms with Crippen LogP contribution in [-0.2, 0) is 0 Å². The van der Waals surface area contributed by atoms with Crippen LogP contribution in [-0.4, -0.2) is 36.2 Å². The van der Waals surface area contributed by atoms with Crippen LogP contribution in [0.4, 0.5) is 5.13 Å². The zero-order chi connectivity index (χ0) is 12.2. The molecule has 90 valence electrons. The van der Waals surface area contributed by atoms with Crippen LogP contribution in [0.15, 0.2) is 6.20 Å². The molecule has 0 aliphatic heterocycles. The van der Waals surface area contributed by atoms with Gasteiger partial charge in [-0.3, -0.25) is 4.79 Å². The van der Waals surface area contributed by atoms with Gasteiger partial charge in [0.15, 0.2) is 5.13 Å². The number of aliphatic hydroxyl groups is 1. The van der Waals surface area contributed by atoms with Gasteiger partial charge in [0.1, 0.15) is 4.88 Å². The van der Waals surface area contributed by atoms with Gasteiger partial charge in [0.2, 0.25) is 0 Å². The van der Waals surface area contributed by atoms with E-state index >= 15 is 0 Å². The fourth-order valence-corrected chi connectivity index (χ4v) is 1.64. The van der Waals surface area contributed by atoms with Gasteiger partial charge in [-0.25, -0.2) is 4.98 Å². The molecule has 0 saturated carbocycles. The van der Waals surface area contributed by atoms with Crippen LogP contribution in [0, 0.1) is 5.41 Å². The van der Waals surface area contributed by atoms with Gasteiger partial charge in [0.05, 0.1) is 6.20 Å². The summed E-state index contributed by atoms with van der Waals surface area (Å²) in [5, 5.41) is 15.4. The lowest BCUT2D eigenvalue weighted by Crippen LogP contribution is -2.35. The maximum atomic E-state index is 11.7. The number of carbonyl (C=O) groups is 1. The number of amides is 1. The molecule has 0 saturated heterocycles. The Morgan fingerprint density at radius 1 is 1.62 bits per heavy atom. The average molecular weight is 243 g/mol. The molecule has 0 unspecified atom stereocenters. The van der Waals surface area contributed by atoms with Crippen molar-refractivity contribution >= 4 is 22.4 Å². The molecular weight excluding hydrogens is 226 g/mol. The summed E-state index contributed by atoms with van der Waals surface area (Å²) in [4.78, 5) is 16.3. The van der Waals surface area contributed by atoms with Crippen LogP contribution in [0.2, 0.25) is 0 Å². The molecule has 0 bridgehead atoms. The Morgan fingerprint density at radius 2 is 2.31 bits per heavy atom. The topological polar surface area (TPSA) is 74.2 Å². The van der Waals surface area contributed by atoms with E-state index in [2.05, 4.69) is 15.6 Å². The minimum atomic E-state index is -0.299. The van der Waals surface area contributed by atoms with Crippen molar-refractivity contribution in [1.82, 2.24) is 10.3 Å².